The Bertz CT molecular complexity index is 590. The Hall–Kier alpha value is -1.94. The summed E-state index contributed by atoms with van der Waals surface area (Å²) < 4.78 is 1.60. The number of pyridine rings is 1. The number of ketones is 2. The van der Waals surface area contributed by atoms with Gasteiger partial charge in [-0.15, -0.1) is 11.6 Å². The molecule has 0 spiro atoms. The number of hydrogen-bond acceptors (Lipinski definition) is 3. The Labute approximate surface area is 109 Å². The number of nitrogens with zero attached hydrogens (tertiary/aromatic N) is 2. The van der Waals surface area contributed by atoms with E-state index in [1.54, 1.807) is 48.3 Å². The molecule has 0 aliphatic rings. The van der Waals surface area contributed by atoms with Crippen LogP contribution in [0.5, 0.6) is 0 Å². The number of rotatable bonds is 4. The molecule has 0 amide bonds. The van der Waals surface area contributed by atoms with Crippen molar-refractivity contribution in [2.45, 2.75) is 0 Å². The molecule has 0 aromatic carbocycles. The fourth-order valence-corrected chi connectivity index (χ4v) is 1.82. The summed E-state index contributed by atoms with van der Waals surface area (Å²) in [7, 11) is 1.70. The Morgan fingerprint density at radius 1 is 1.39 bits per heavy atom. The second kappa shape index (κ2) is 5.14. The highest BCUT2D eigenvalue weighted by Crippen LogP contribution is 2.12. The van der Waals surface area contributed by atoms with Crippen LogP contribution in [-0.4, -0.2) is 27.0 Å². The van der Waals surface area contributed by atoms with E-state index in [-0.39, 0.29) is 17.4 Å². The topological polar surface area (TPSA) is 52.0 Å². The third kappa shape index (κ3) is 2.33. The smallest absolute Gasteiger partial charge is 0.212 e. The largest absolute Gasteiger partial charge is 0.347 e. The van der Waals surface area contributed by atoms with E-state index in [2.05, 4.69) is 4.98 Å². The van der Waals surface area contributed by atoms with E-state index in [9.17, 15) is 9.59 Å². The van der Waals surface area contributed by atoms with Gasteiger partial charge in [0.2, 0.25) is 5.78 Å². The van der Waals surface area contributed by atoms with Crippen LogP contribution in [0.15, 0.2) is 36.7 Å². The predicted octanol–water partition coefficient (Wildman–Crippen LogP) is 2.07. The number of Topliss-reactive ketones (excluding diaryl/α,β-unsaturated/α-hetero) is 1. The van der Waals surface area contributed by atoms with Gasteiger partial charge in [-0.1, -0.05) is 6.07 Å². The van der Waals surface area contributed by atoms with E-state index in [1.807, 2.05) is 0 Å². The van der Waals surface area contributed by atoms with Gasteiger partial charge in [0, 0.05) is 25.0 Å². The molecule has 92 valence electrons. The van der Waals surface area contributed by atoms with Crippen molar-refractivity contribution >= 4 is 23.2 Å². The average molecular weight is 263 g/mol. The molecule has 5 heteroatoms. The van der Waals surface area contributed by atoms with Gasteiger partial charge in [-0.05, 0) is 18.2 Å². The molecule has 0 radical (unpaired) electrons. The standard InChI is InChI=1S/C13H11ClN2O2/c1-16-8-9(6-11(16)12(17)7-14)13(18)10-4-2-3-5-15-10/h2-6,8H,7H2,1H3. The van der Waals surface area contributed by atoms with Gasteiger partial charge in [-0.3, -0.25) is 14.6 Å². The summed E-state index contributed by atoms with van der Waals surface area (Å²) in [5, 5.41) is 0. The zero-order valence-corrected chi connectivity index (χ0v) is 10.5. The Morgan fingerprint density at radius 2 is 2.17 bits per heavy atom. The zero-order valence-electron chi connectivity index (χ0n) is 9.76. The van der Waals surface area contributed by atoms with Crippen molar-refractivity contribution in [3.8, 4) is 0 Å². The summed E-state index contributed by atoms with van der Waals surface area (Å²) in [5.41, 5.74) is 1.21. The number of carbonyl (C=O) groups is 2. The van der Waals surface area contributed by atoms with Gasteiger partial charge in [0.05, 0.1) is 11.6 Å². The summed E-state index contributed by atoms with van der Waals surface area (Å²) in [6, 6.07) is 6.67. The highest BCUT2D eigenvalue weighted by Gasteiger charge is 2.16. The maximum atomic E-state index is 12.1. The lowest BCUT2D eigenvalue weighted by Gasteiger charge is -1.96. The number of hydrogen-bond donors (Lipinski definition) is 0. The highest BCUT2D eigenvalue weighted by atomic mass is 35.5. The summed E-state index contributed by atoms with van der Waals surface area (Å²) in [6.07, 6.45) is 3.16. The molecular weight excluding hydrogens is 252 g/mol. The molecule has 0 aliphatic carbocycles. The van der Waals surface area contributed by atoms with Gasteiger partial charge >= 0.3 is 0 Å². The first-order valence-electron chi connectivity index (χ1n) is 5.34. The molecule has 2 heterocycles. The van der Waals surface area contributed by atoms with Crippen LogP contribution in [0.4, 0.5) is 0 Å². The minimum atomic E-state index is -0.209. The Balaban J connectivity index is 2.36. The van der Waals surface area contributed by atoms with Crippen molar-refractivity contribution in [1.82, 2.24) is 9.55 Å². The molecule has 0 N–H and O–H groups in total. The number of alkyl halides is 1. The van der Waals surface area contributed by atoms with Gasteiger partial charge in [-0.2, -0.15) is 0 Å². The maximum absolute atomic E-state index is 12.1. The first-order valence-corrected chi connectivity index (χ1v) is 5.88. The molecule has 2 aromatic heterocycles. The molecule has 0 bridgehead atoms. The minimum Gasteiger partial charge on any atom is -0.347 e. The van der Waals surface area contributed by atoms with Crippen LogP contribution < -0.4 is 0 Å². The van der Waals surface area contributed by atoms with Crippen LogP contribution in [0.2, 0.25) is 0 Å². The first kappa shape index (κ1) is 12.5. The molecule has 4 nitrogen and oxygen atoms in total. The van der Waals surface area contributed by atoms with Gasteiger partial charge in [0.1, 0.15) is 5.69 Å². The summed E-state index contributed by atoms with van der Waals surface area (Å²) in [6.45, 7) is 0. The normalized spacial score (nSPS) is 10.3. The Kier molecular flexibility index (Phi) is 3.58. The van der Waals surface area contributed by atoms with E-state index in [0.29, 0.717) is 17.0 Å². The van der Waals surface area contributed by atoms with Gasteiger partial charge in [-0.25, -0.2) is 0 Å². The predicted molar refractivity (Wildman–Crippen MR) is 68.1 cm³/mol. The molecule has 0 aliphatic heterocycles. The van der Waals surface area contributed by atoms with Gasteiger partial charge < -0.3 is 4.57 Å². The van der Waals surface area contributed by atoms with Crippen LogP contribution in [-0.2, 0) is 7.05 Å². The third-order valence-corrected chi connectivity index (χ3v) is 2.81. The van der Waals surface area contributed by atoms with E-state index in [1.165, 1.54) is 0 Å². The molecule has 0 unspecified atom stereocenters. The summed E-state index contributed by atoms with van der Waals surface area (Å²) in [5.74, 6) is -0.520. The fourth-order valence-electron chi connectivity index (χ4n) is 1.68. The summed E-state index contributed by atoms with van der Waals surface area (Å²) in [4.78, 5) is 27.6. The highest BCUT2D eigenvalue weighted by molar-refractivity contribution is 6.30. The molecule has 0 saturated carbocycles. The monoisotopic (exact) mass is 262 g/mol. The van der Waals surface area contributed by atoms with Crippen LogP contribution in [0, 0.1) is 0 Å². The lowest BCUT2D eigenvalue weighted by atomic mass is 10.1. The average Bonchev–Trinajstić information content (AvgIpc) is 2.80. The van der Waals surface area contributed by atoms with Crippen molar-refractivity contribution in [2.75, 3.05) is 5.88 Å². The molecule has 2 aromatic rings. The van der Waals surface area contributed by atoms with E-state index < -0.39 is 0 Å². The second-order valence-electron chi connectivity index (χ2n) is 3.83. The lowest BCUT2D eigenvalue weighted by Crippen LogP contribution is -2.05. The second-order valence-corrected chi connectivity index (χ2v) is 4.09. The fraction of sp³-hybridized carbons (Fsp3) is 0.154. The van der Waals surface area contributed by atoms with Gasteiger partial charge in [0.15, 0.2) is 5.78 Å². The molecule has 18 heavy (non-hydrogen) atoms. The molecular formula is C13H11ClN2O2. The van der Waals surface area contributed by atoms with Crippen molar-refractivity contribution in [3.63, 3.8) is 0 Å². The SMILES string of the molecule is Cn1cc(C(=O)c2ccccn2)cc1C(=O)CCl. The van der Waals surface area contributed by atoms with Crippen molar-refractivity contribution in [3.05, 3.63) is 53.6 Å². The number of aryl methyl sites for hydroxylation is 1. The van der Waals surface area contributed by atoms with Crippen LogP contribution in [0.3, 0.4) is 0 Å². The van der Waals surface area contributed by atoms with Crippen molar-refractivity contribution in [1.29, 1.82) is 0 Å². The van der Waals surface area contributed by atoms with Gasteiger partial charge in [0.25, 0.3) is 0 Å². The molecule has 0 saturated heterocycles. The van der Waals surface area contributed by atoms with E-state index in [0.717, 1.165) is 0 Å². The number of carbonyl (C=O) groups excluding carboxylic acids is 2. The molecule has 2 rings (SSSR count). The first-order chi connectivity index (χ1) is 8.63. The minimum absolute atomic E-state index is 0.102. The lowest BCUT2D eigenvalue weighted by molar-refractivity contribution is 0.101. The van der Waals surface area contributed by atoms with E-state index in [4.69, 9.17) is 11.6 Å². The zero-order chi connectivity index (χ0) is 13.1. The number of halogens is 1. The van der Waals surface area contributed by atoms with Crippen molar-refractivity contribution < 1.29 is 9.59 Å². The Morgan fingerprint density at radius 3 is 2.78 bits per heavy atom. The quantitative estimate of drug-likeness (QED) is 0.626. The molecule has 0 atom stereocenters. The van der Waals surface area contributed by atoms with Crippen LogP contribution in [0.1, 0.15) is 26.5 Å². The van der Waals surface area contributed by atoms with Crippen LogP contribution in [0.25, 0.3) is 0 Å². The maximum Gasteiger partial charge on any atom is 0.212 e. The number of aromatic nitrogens is 2. The third-order valence-electron chi connectivity index (χ3n) is 2.57. The van der Waals surface area contributed by atoms with Crippen LogP contribution >= 0.6 is 11.6 Å². The summed E-state index contributed by atoms with van der Waals surface area (Å²) >= 11 is 5.50. The molecule has 0 fully saturated rings. The van der Waals surface area contributed by atoms with Crippen molar-refractivity contribution in [2.24, 2.45) is 7.05 Å². The van der Waals surface area contributed by atoms with E-state index >= 15 is 0 Å².